The van der Waals surface area contributed by atoms with Gasteiger partial charge in [-0.15, -0.1) is 0 Å². The van der Waals surface area contributed by atoms with Gasteiger partial charge in [-0.2, -0.15) is 0 Å². The zero-order valence-corrected chi connectivity index (χ0v) is 11.6. The quantitative estimate of drug-likeness (QED) is 0.928. The Morgan fingerprint density at radius 2 is 2.17 bits per heavy atom. The summed E-state index contributed by atoms with van der Waals surface area (Å²) in [5.41, 5.74) is 2.03. The van der Waals surface area contributed by atoms with Gasteiger partial charge in [0.25, 0.3) is 0 Å². The van der Waals surface area contributed by atoms with Gasteiger partial charge >= 0.3 is 0 Å². The van der Waals surface area contributed by atoms with Crippen molar-refractivity contribution >= 4 is 15.9 Å². The molecule has 18 heavy (non-hydrogen) atoms. The summed E-state index contributed by atoms with van der Waals surface area (Å²) in [5.74, 6) is -0.203. The average molecular weight is 309 g/mol. The minimum Gasteiger partial charge on any atom is -0.306 e. The van der Waals surface area contributed by atoms with Crippen molar-refractivity contribution in [1.29, 1.82) is 0 Å². The molecule has 0 saturated carbocycles. The monoisotopic (exact) mass is 308 g/mol. The van der Waals surface area contributed by atoms with Crippen LogP contribution in [0.25, 0.3) is 0 Å². The highest BCUT2D eigenvalue weighted by molar-refractivity contribution is 9.10. The summed E-state index contributed by atoms with van der Waals surface area (Å²) in [6.45, 7) is 2.71. The normalized spacial score (nSPS) is 12.4. The Morgan fingerprint density at radius 3 is 2.89 bits per heavy atom. The Labute approximate surface area is 114 Å². The van der Waals surface area contributed by atoms with Crippen molar-refractivity contribution in [1.82, 2.24) is 10.3 Å². The van der Waals surface area contributed by atoms with Crippen molar-refractivity contribution in [2.45, 2.75) is 19.5 Å². The van der Waals surface area contributed by atoms with Gasteiger partial charge < -0.3 is 5.32 Å². The average Bonchev–Trinajstić information content (AvgIpc) is 2.36. The van der Waals surface area contributed by atoms with Gasteiger partial charge in [-0.1, -0.05) is 12.1 Å². The lowest BCUT2D eigenvalue weighted by Crippen LogP contribution is -2.18. The van der Waals surface area contributed by atoms with Gasteiger partial charge in [0.2, 0.25) is 0 Å². The molecule has 1 aromatic carbocycles. The van der Waals surface area contributed by atoms with E-state index in [1.54, 1.807) is 18.3 Å². The molecule has 1 atom stereocenters. The molecule has 0 aliphatic rings. The molecule has 1 aromatic heterocycles. The van der Waals surface area contributed by atoms with Gasteiger partial charge in [0.15, 0.2) is 0 Å². The van der Waals surface area contributed by atoms with Crippen molar-refractivity contribution in [3.8, 4) is 0 Å². The minimum absolute atomic E-state index is 0.0969. The summed E-state index contributed by atoms with van der Waals surface area (Å²) in [6, 6.07) is 8.76. The minimum atomic E-state index is -0.203. The van der Waals surface area contributed by atoms with Crippen LogP contribution in [0.5, 0.6) is 0 Å². The lowest BCUT2D eigenvalue weighted by Gasteiger charge is -2.14. The fourth-order valence-electron chi connectivity index (χ4n) is 1.72. The Bertz CT molecular complexity index is 531. The molecule has 2 rings (SSSR count). The molecule has 0 aliphatic heterocycles. The van der Waals surface area contributed by atoms with Gasteiger partial charge in [0.1, 0.15) is 5.82 Å². The number of benzene rings is 1. The first-order valence-corrected chi connectivity index (χ1v) is 6.53. The molecule has 0 aliphatic carbocycles. The van der Waals surface area contributed by atoms with Crippen molar-refractivity contribution in [2.24, 2.45) is 0 Å². The third kappa shape index (κ3) is 3.62. The molecule has 4 heteroatoms. The number of halogens is 2. The van der Waals surface area contributed by atoms with Gasteiger partial charge in [-0.25, -0.2) is 4.39 Å². The molecule has 2 aromatic rings. The van der Waals surface area contributed by atoms with Crippen LogP contribution in [0.15, 0.2) is 47.2 Å². The van der Waals surface area contributed by atoms with Gasteiger partial charge in [0.05, 0.1) is 0 Å². The highest BCUT2D eigenvalue weighted by Crippen LogP contribution is 2.15. The van der Waals surface area contributed by atoms with E-state index in [4.69, 9.17) is 0 Å². The standard InChI is InChI=1S/C14H14BrFN2/c1-10(12-3-2-4-14(16)6-12)18-8-11-5-13(15)9-17-7-11/h2-7,9-10,18H,8H2,1H3. The summed E-state index contributed by atoms with van der Waals surface area (Å²) in [5, 5.41) is 3.34. The predicted octanol–water partition coefficient (Wildman–Crippen LogP) is 3.83. The fraction of sp³-hybridized carbons (Fsp3) is 0.214. The molecule has 1 N–H and O–H groups in total. The molecule has 0 fully saturated rings. The third-order valence-electron chi connectivity index (χ3n) is 2.72. The highest BCUT2D eigenvalue weighted by atomic mass is 79.9. The summed E-state index contributed by atoms with van der Waals surface area (Å²) in [6.07, 6.45) is 3.57. The number of aromatic nitrogens is 1. The number of hydrogen-bond donors (Lipinski definition) is 1. The van der Waals surface area contributed by atoms with E-state index < -0.39 is 0 Å². The van der Waals surface area contributed by atoms with Crippen LogP contribution in [0.2, 0.25) is 0 Å². The Morgan fingerprint density at radius 1 is 1.33 bits per heavy atom. The van der Waals surface area contributed by atoms with Crippen molar-refractivity contribution in [3.05, 3.63) is 64.1 Å². The third-order valence-corrected chi connectivity index (χ3v) is 3.16. The molecule has 2 nitrogen and oxygen atoms in total. The number of hydrogen-bond acceptors (Lipinski definition) is 2. The van der Waals surface area contributed by atoms with Crippen molar-refractivity contribution in [3.63, 3.8) is 0 Å². The summed E-state index contributed by atoms with van der Waals surface area (Å²) >= 11 is 3.38. The van der Waals surface area contributed by atoms with E-state index in [0.29, 0.717) is 6.54 Å². The van der Waals surface area contributed by atoms with E-state index in [1.807, 2.05) is 25.3 Å². The van der Waals surface area contributed by atoms with Crippen molar-refractivity contribution < 1.29 is 4.39 Å². The molecule has 0 amide bonds. The zero-order valence-electron chi connectivity index (χ0n) is 10.0. The lowest BCUT2D eigenvalue weighted by molar-refractivity contribution is 0.564. The van der Waals surface area contributed by atoms with E-state index in [1.165, 1.54) is 6.07 Å². The maximum Gasteiger partial charge on any atom is 0.123 e. The summed E-state index contributed by atoms with van der Waals surface area (Å²) in [4.78, 5) is 4.10. The first-order chi connectivity index (χ1) is 8.65. The number of nitrogens with one attached hydrogen (secondary N) is 1. The number of nitrogens with zero attached hydrogens (tertiary/aromatic N) is 1. The van der Waals surface area contributed by atoms with Crippen LogP contribution >= 0.6 is 15.9 Å². The first kappa shape index (κ1) is 13.2. The Balaban J connectivity index is 1.98. The van der Waals surface area contributed by atoms with Crippen LogP contribution in [0.3, 0.4) is 0 Å². The largest absolute Gasteiger partial charge is 0.306 e. The highest BCUT2D eigenvalue weighted by Gasteiger charge is 2.05. The molecular formula is C14H14BrFN2. The molecule has 0 radical (unpaired) electrons. The maximum atomic E-state index is 13.1. The molecule has 1 unspecified atom stereocenters. The second kappa shape index (κ2) is 6.07. The van der Waals surface area contributed by atoms with E-state index >= 15 is 0 Å². The summed E-state index contributed by atoms with van der Waals surface area (Å²) < 4.78 is 14.1. The second-order valence-corrected chi connectivity index (χ2v) is 5.08. The Kier molecular flexibility index (Phi) is 4.44. The van der Waals surface area contributed by atoms with Crippen LogP contribution in [0.1, 0.15) is 24.1 Å². The summed E-state index contributed by atoms with van der Waals surface area (Å²) in [7, 11) is 0. The SMILES string of the molecule is CC(NCc1cncc(Br)c1)c1cccc(F)c1. The van der Waals surface area contributed by atoms with Gasteiger partial charge in [0, 0.05) is 29.5 Å². The van der Waals surface area contributed by atoms with Crippen LogP contribution in [0.4, 0.5) is 4.39 Å². The lowest BCUT2D eigenvalue weighted by atomic mass is 10.1. The van der Waals surface area contributed by atoms with E-state index in [2.05, 4.69) is 26.2 Å². The maximum absolute atomic E-state index is 13.1. The molecule has 0 spiro atoms. The van der Waals surface area contributed by atoms with Crippen molar-refractivity contribution in [2.75, 3.05) is 0 Å². The number of rotatable bonds is 4. The van der Waals surface area contributed by atoms with Gasteiger partial charge in [-0.3, -0.25) is 4.98 Å². The molecule has 0 saturated heterocycles. The molecule has 1 heterocycles. The fourth-order valence-corrected chi connectivity index (χ4v) is 2.13. The second-order valence-electron chi connectivity index (χ2n) is 4.17. The number of pyridine rings is 1. The van der Waals surface area contributed by atoms with Crippen LogP contribution < -0.4 is 5.32 Å². The van der Waals surface area contributed by atoms with Crippen LogP contribution in [0, 0.1) is 5.82 Å². The first-order valence-electron chi connectivity index (χ1n) is 5.73. The predicted molar refractivity (Wildman–Crippen MR) is 73.6 cm³/mol. The van der Waals surface area contributed by atoms with E-state index in [-0.39, 0.29) is 11.9 Å². The van der Waals surface area contributed by atoms with E-state index in [0.717, 1.165) is 15.6 Å². The smallest absolute Gasteiger partial charge is 0.123 e. The molecule has 0 bridgehead atoms. The van der Waals surface area contributed by atoms with Gasteiger partial charge in [-0.05, 0) is 52.2 Å². The molecule has 94 valence electrons. The topological polar surface area (TPSA) is 24.9 Å². The van der Waals surface area contributed by atoms with Crippen LogP contribution in [-0.4, -0.2) is 4.98 Å². The van der Waals surface area contributed by atoms with Crippen LogP contribution in [-0.2, 0) is 6.54 Å². The molecular weight excluding hydrogens is 295 g/mol. The van der Waals surface area contributed by atoms with E-state index in [9.17, 15) is 4.39 Å². The Hall–Kier alpha value is -1.26. The zero-order chi connectivity index (χ0) is 13.0.